The van der Waals surface area contributed by atoms with E-state index in [-0.39, 0.29) is 23.3 Å². The Morgan fingerprint density at radius 2 is 1.85 bits per heavy atom. The summed E-state index contributed by atoms with van der Waals surface area (Å²) >= 11 is 0. The Bertz CT molecular complexity index is 893. The Hall–Kier alpha value is -2.76. The van der Waals surface area contributed by atoms with Crippen LogP contribution in [0.15, 0.2) is 41.3 Å². The number of rotatable bonds is 3. The van der Waals surface area contributed by atoms with E-state index in [0.717, 1.165) is 24.1 Å². The lowest BCUT2D eigenvalue weighted by atomic mass is 10.1. The van der Waals surface area contributed by atoms with Gasteiger partial charge in [-0.2, -0.15) is 0 Å². The first-order valence-corrected chi connectivity index (χ1v) is 9.09. The minimum Gasteiger partial charge on any atom is -0.508 e. The van der Waals surface area contributed by atoms with Gasteiger partial charge in [0.25, 0.3) is 11.5 Å². The van der Waals surface area contributed by atoms with Crippen molar-refractivity contribution in [3.8, 4) is 5.75 Å². The van der Waals surface area contributed by atoms with Crippen molar-refractivity contribution in [1.29, 1.82) is 0 Å². The van der Waals surface area contributed by atoms with Crippen LogP contribution in [0, 0.1) is 6.92 Å². The molecule has 1 saturated heterocycles. The summed E-state index contributed by atoms with van der Waals surface area (Å²) in [6, 6.07) is 9.27. The van der Waals surface area contributed by atoms with Crippen LogP contribution in [0.1, 0.15) is 34.8 Å². The highest BCUT2D eigenvalue weighted by atomic mass is 16.3. The Labute approximate surface area is 152 Å². The molecule has 1 aromatic heterocycles. The lowest BCUT2D eigenvalue weighted by molar-refractivity contribution is 0.0743. The van der Waals surface area contributed by atoms with Gasteiger partial charge in [0.2, 0.25) is 0 Å². The molecule has 2 aromatic rings. The lowest BCUT2D eigenvalue weighted by Crippen LogP contribution is -2.50. The second-order valence-electron chi connectivity index (χ2n) is 7.12. The first kappa shape index (κ1) is 16.7. The van der Waals surface area contributed by atoms with Crippen LogP contribution in [-0.4, -0.2) is 46.7 Å². The van der Waals surface area contributed by atoms with Crippen molar-refractivity contribution in [2.24, 2.45) is 0 Å². The zero-order valence-electron chi connectivity index (χ0n) is 14.9. The van der Waals surface area contributed by atoms with Crippen LogP contribution in [0.25, 0.3) is 0 Å². The topological polar surface area (TPSA) is 65.8 Å². The lowest BCUT2D eigenvalue weighted by Gasteiger charge is -2.36. The van der Waals surface area contributed by atoms with Crippen LogP contribution in [-0.2, 0) is 0 Å². The molecule has 0 unspecified atom stereocenters. The average molecular weight is 353 g/mol. The van der Waals surface area contributed by atoms with Crippen LogP contribution < -0.4 is 10.5 Å². The van der Waals surface area contributed by atoms with E-state index >= 15 is 0 Å². The molecule has 6 heteroatoms. The third-order valence-corrected chi connectivity index (χ3v) is 5.24. The van der Waals surface area contributed by atoms with Gasteiger partial charge in [0.15, 0.2) is 0 Å². The zero-order valence-corrected chi connectivity index (χ0v) is 14.9. The minimum atomic E-state index is -0.168. The summed E-state index contributed by atoms with van der Waals surface area (Å²) in [7, 11) is 0. The largest absolute Gasteiger partial charge is 0.508 e. The van der Waals surface area contributed by atoms with E-state index < -0.39 is 0 Å². The van der Waals surface area contributed by atoms with Crippen molar-refractivity contribution in [2.75, 3.05) is 31.1 Å². The molecule has 2 fully saturated rings. The molecule has 1 aromatic carbocycles. The van der Waals surface area contributed by atoms with E-state index in [2.05, 4.69) is 4.90 Å². The normalized spacial score (nSPS) is 17.4. The summed E-state index contributed by atoms with van der Waals surface area (Å²) in [6.07, 6.45) is 3.84. The second-order valence-corrected chi connectivity index (χ2v) is 7.12. The molecule has 2 heterocycles. The highest BCUT2D eigenvalue weighted by Crippen LogP contribution is 2.33. The Morgan fingerprint density at radius 1 is 1.12 bits per heavy atom. The van der Waals surface area contributed by atoms with Gasteiger partial charge in [-0.15, -0.1) is 0 Å². The molecule has 1 N–H and O–H groups in total. The quantitative estimate of drug-likeness (QED) is 0.918. The van der Waals surface area contributed by atoms with Gasteiger partial charge in [0.05, 0.1) is 0 Å². The standard InChI is InChI=1S/C20H23N3O3/c1-14-7-8-23(15-5-6-15)20(26)18(14)19(25)22-11-9-21(10-12-22)16-3-2-4-17(24)13-16/h2-4,7-8,13,15,24H,5-6,9-12H2,1H3. The number of aryl methyl sites for hydroxylation is 1. The van der Waals surface area contributed by atoms with Gasteiger partial charge in [-0.3, -0.25) is 9.59 Å². The Kier molecular flexibility index (Phi) is 4.18. The van der Waals surface area contributed by atoms with E-state index in [1.54, 1.807) is 21.6 Å². The van der Waals surface area contributed by atoms with Crippen LogP contribution in [0.2, 0.25) is 0 Å². The van der Waals surface area contributed by atoms with Crippen LogP contribution in [0.3, 0.4) is 0 Å². The number of anilines is 1. The summed E-state index contributed by atoms with van der Waals surface area (Å²) in [5, 5.41) is 9.64. The maximum absolute atomic E-state index is 13.0. The predicted octanol–water partition coefficient (Wildman–Crippen LogP) is 2.16. The molecule has 1 aliphatic carbocycles. The van der Waals surface area contributed by atoms with Gasteiger partial charge in [0.1, 0.15) is 11.3 Å². The number of phenolic OH excluding ortho intramolecular Hbond substituents is 1. The number of nitrogens with zero attached hydrogens (tertiary/aromatic N) is 3. The summed E-state index contributed by atoms with van der Waals surface area (Å²) in [6.45, 7) is 4.31. The molecule has 1 amide bonds. The fraction of sp³-hybridized carbons (Fsp3) is 0.400. The van der Waals surface area contributed by atoms with E-state index in [9.17, 15) is 14.7 Å². The van der Waals surface area contributed by atoms with E-state index in [4.69, 9.17) is 0 Å². The molecule has 1 aliphatic heterocycles. The number of amides is 1. The minimum absolute atomic E-state index is 0.159. The third-order valence-electron chi connectivity index (χ3n) is 5.24. The summed E-state index contributed by atoms with van der Waals surface area (Å²) in [5.74, 6) is 0.0691. The van der Waals surface area contributed by atoms with Crippen LogP contribution in [0.4, 0.5) is 5.69 Å². The van der Waals surface area contributed by atoms with Crippen LogP contribution in [0.5, 0.6) is 5.75 Å². The number of aromatic nitrogens is 1. The second kappa shape index (κ2) is 6.52. The number of hydrogen-bond acceptors (Lipinski definition) is 4. The molecule has 1 saturated carbocycles. The van der Waals surface area contributed by atoms with Gasteiger partial charge < -0.3 is 19.5 Å². The molecule has 26 heavy (non-hydrogen) atoms. The maximum Gasteiger partial charge on any atom is 0.263 e. The molecule has 136 valence electrons. The highest BCUT2D eigenvalue weighted by Gasteiger charge is 2.29. The number of carbonyl (C=O) groups excluding carboxylic acids is 1. The molecule has 4 rings (SSSR count). The average Bonchev–Trinajstić information content (AvgIpc) is 3.47. The van der Waals surface area contributed by atoms with Gasteiger partial charge in [-0.1, -0.05) is 6.07 Å². The number of phenols is 1. The predicted molar refractivity (Wildman–Crippen MR) is 99.9 cm³/mol. The fourth-order valence-electron chi connectivity index (χ4n) is 3.56. The fourth-order valence-corrected chi connectivity index (χ4v) is 3.56. The smallest absolute Gasteiger partial charge is 0.263 e. The van der Waals surface area contributed by atoms with Crippen molar-refractivity contribution in [1.82, 2.24) is 9.47 Å². The SMILES string of the molecule is Cc1ccn(C2CC2)c(=O)c1C(=O)N1CCN(c2cccc(O)c2)CC1. The van der Waals surface area contributed by atoms with Crippen molar-refractivity contribution >= 4 is 11.6 Å². The number of carbonyl (C=O) groups is 1. The Morgan fingerprint density at radius 3 is 2.50 bits per heavy atom. The molecular weight excluding hydrogens is 330 g/mol. The number of pyridine rings is 1. The molecule has 0 spiro atoms. The highest BCUT2D eigenvalue weighted by molar-refractivity contribution is 5.95. The van der Waals surface area contributed by atoms with Crippen molar-refractivity contribution in [3.05, 3.63) is 58.0 Å². The Balaban J connectivity index is 1.51. The van der Waals surface area contributed by atoms with Crippen LogP contribution >= 0.6 is 0 Å². The summed E-state index contributed by atoms with van der Waals surface area (Å²) in [4.78, 5) is 29.7. The van der Waals surface area contributed by atoms with E-state index in [0.29, 0.717) is 31.7 Å². The molecule has 0 bridgehead atoms. The number of hydrogen-bond donors (Lipinski definition) is 1. The van der Waals surface area contributed by atoms with Gasteiger partial charge in [-0.05, 0) is 43.5 Å². The van der Waals surface area contributed by atoms with Crippen molar-refractivity contribution in [2.45, 2.75) is 25.8 Å². The summed E-state index contributed by atoms with van der Waals surface area (Å²) in [5.41, 5.74) is 1.84. The van der Waals surface area contributed by atoms with E-state index in [1.165, 1.54) is 0 Å². The first-order chi connectivity index (χ1) is 12.5. The molecule has 2 aliphatic rings. The molecule has 0 atom stereocenters. The van der Waals surface area contributed by atoms with Crippen molar-refractivity contribution in [3.63, 3.8) is 0 Å². The maximum atomic E-state index is 13.0. The zero-order chi connectivity index (χ0) is 18.3. The number of benzene rings is 1. The molecule has 0 radical (unpaired) electrons. The summed E-state index contributed by atoms with van der Waals surface area (Å²) < 4.78 is 1.71. The molecular formula is C20H23N3O3. The third kappa shape index (κ3) is 3.07. The number of piperazine rings is 1. The van der Waals surface area contributed by atoms with E-state index in [1.807, 2.05) is 31.3 Å². The number of aromatic hydroxyl groups is 1. The first-order valence-electron chi connectivity index (χ1n) is 9.09. The molecule has 6 nitrogen and oxygen atoms in total. The monoisotopic (exact) mass is 353 g/mol. The van der Waals surface area contributed by atoms with Crippen molar-refractivity contribution < 1.29 is 9.90 Å². The van der Waals surface area contributed by atoms with Gasteiger partial charge >= 0.3 is 0 Å². The van der Waals surface area contributed by atoms with Gasteiger partial charge in [0, 0.05) is 50.2 Å². The van der Waals surface area contributed by atoms with Gasteiger partial charge in [-0.25, -0.2) is 0 Å².